The smallest absolute Gasteiger partial charge is 0.166 e. The van der Waals surface area contributed by atoms with E-state index < -0.39 is 11.3 Å². The van der Waals surface area contributed by atoms with E-state index in [0.717, 1.165) is 11.3 Å². The van der Waals surface area contributed by atoms with Crippen molar-refractivity contribution in [2.45, 2.75) is 32.1 Å². The fourth-order valence-electron chi connectivity index (χ4n) is 2.67. The zero-order valence-electron chi connectivity index (χ0n) is 13.8. The molecule has 2 aromatic rings. The Morgan fingerprint density at radius 3 is 2.67 bits per heavy atom. The van der Waals surface area contributed by atoms with Gasteiger partial charge in [0.15, 0.2) is 23.2 Å². The number of hydrogen-bond donors (Lipinski definition) is 0. The second kappa shape index (κ2) is 6.25. The summed E-state index contributed by atoms with van der Waals surface area (Å²) in [7, 11) is 0. The van der Waals surface area contributed by atoms with Gasteiger partial charge in [-0.2, -0.15) is 5.26 Å². The molecule has 0 saturated heterocycles. The van der Waals surface area contributed by atoms with Crippen molar-refractivity contribution in [1.29, 1.82) is 5.26 Å². The Labute approximate surface area is 144 Å². The van der Waals surface area contributed by atoms with E-state index in [1.54, 1.807) is 0 Å². The molecular formula is C18H18N2O3S. The van der Waals surface area contributed by atoms with Crippen LogP contribution in [0.3, 0.4) is 0 Å². The summed E-state index contributed by atoms with van der Waals surface area (Å²) in [6.45, 7) is 6.51. The molecule has 1 aromatic heterocycles. The van der Waals surface area contributed by atoms with Gasteiger partial charge < -0.3 is 9.47 Å². The second-order valence-corrected chi connectivity index (χ2v) is 7.13. The minimum absolute atomic E-state index is 0.170. The molecule has 0 aliphatic carbocycles. The molecule has 0 saturated carbocycles. The first kappa shape index (κ1) is 16.5. The number of fused-ring (bicyclic) bond motifs is 1. The summed E-state index contributed by atoms with van der Waals surface area (Å²) in [5.74, 6) is 0.279. The highest BCUT2D eigenvalue weighted by Crippen LogP contribution is 2.38. The molecule has 0 fully saturated rings. The zero-order chi connectivity index (χ0) is 17.3. The first-order valence-corrected chi connectivity index (χ1v) is 8.57. The van der Waals surface area contributed by atoms with E-state index in [9.17, 15) is 10.1 Å². The Hall–Kier alpha value is -2.39. The molecule has 3 rings (SSSR count). The molecule has 1 aliphatic heterocycles. The highest BCUT2D eigenvalue weighted by molar-refractivity contribution is 7.09. The second-order valence-electron chi connectivity index (χ2n) is 6.24. The number of carbonyl (C=O) groups is 1. The number of aryl methyl sites for hydroxylation is 1. The van der Waals surface area contributed by atoms with Gasteiger partial charge in [0.2, 0.25) is 0 Å². The predicted octanol–water partition coefficient (Wildman–Crippen LogP) is 3.38. The highest BCUT2D eigenvalue weighted by atomic mass is 32.1. The molecule has 0 amide bonds. The number of Topliss-reactive ketones (excluding diaryl/α,β-unsaturated/α-hetero) is 1. The summed E-state index contributed by atoms with van der Waals surface area (Å²) in [6.07, 6.45) is 0. The standard InChI is InChI=1S/C18H18N2O3S/c1-11-10-24-17(20-11)13(9-19)16(21)18(2,3)12-4-5-14-15(8-12)23-7-6-22-14/h4-5,8,10,13H,6-7H2,1-3H3/t13-/m0/s1. The summed E-state index contributed by atoms with van der Waals surface area (Å²) >= 11 is 1.35. The first-order chi connectivity index (χ1) is 11.4. The molecule has 124 valence electrons. The lowest BCUT2D eigenvalue weighted by atomic mass is 9.76. The lowest BCUT2D eigenvalue weighted by Crippen LogP contribution is -2.33. The number of ether oxygens (including phenoxy) is 2. The van der Waals surface area contributed by atoms with Crippen LogP contribution in [0.1, 0.15) is 36.0 Å². The zero-order valence-corrected chi connectivity index (χ0v) is 14.6. The Kier molecular flexibility index (Phi) is 4.29. The fourth-order valence-corrected chi connectivity index (χ4v) is 3.50. The van der Waals surface area contributed by atoms with E-state index in [-0.39, 0.29) is 5.78 Å². The van der Waals surface area contributed by atoms with E-state index in [1.165, 1.54) is 11.3 Å². The summed E-state index contributed by atoms with van der Waals surface area (Å²) in [5, 5.41) is 11.9. The predicted molar refractivity (Wildman–Crippen MR) is 90.7 cm³/mol. The first-order valence-electron chi connectivity index (χ1n) is 7.69. The van der Waals surface area contributed by atoms with Crippen LogP contribution in [0.2, 0.25) is 0 Å². The molecule has 0 N–H and O–H groups in total. The molecule has 2 heterocycles. The lowest BCUT2D eigenvalue weighted by molar-refractivity contribution is -0.123. The number of ketones is 1. The number of nitriles is 1. The fraction of sp³-hybridized carbons (Fsp3) is 0.389. The quantitative estimate of drug-likeness (QED) is 0.852. The van der Waals surface area contributed by atoms with Crippen LogP contribution in [0, 0.1) is 18.3 Å². The topological polar surface area (TPSA) is 72.2 Å². The average Bonchev–Trinajstić information content (AvgIpc) is 3.01. The molecule has 1 aromatic carbocycles. The Morgan fingerprint density at radius 1 is 1.33 bits per heavy atom. The summed E-state index contributed by atoms with van der Waals surface area (Å²) in [5.41, 5.74) is 0.779. The largest absolute Gasteiger partial charge is 0.486 e. The van der Waals surface area contributed by atoms with Crippen LogP contribution in [0.4, 0.5) is 0 Å². The van der Waals surface area contributed by atoms with Crippen molar-refractivity contribution in [3.05, 3.63) is 39.8 Å². The maximum absolute atomic E-state index is 13.0. The normalized spacial score (nSPS) is 14.8. The minimum Gasteiger partial charge on any atom is -0.486 e. The van der Waals surface area contributed by atoms with Gasteiger partial charge in [0.25, 0.3) is 0 Å². The van der Waals surface area contributed by atoms with E-state index in [4.69, 9.17) is 9.47 Å². The Morgan fingerprint density at radius 2 is 2.04 bits per heavy atom. The van der Waals surface area contributed by atoms with Crippen molar-refractivity contribution < 1.29 is 14.3 Å². The molecule has 1 atom stereocenters. The lowest BCUT2D eigenvalue weighted by Gasteiger charge is -2.27. The molecular weight excluding hydrogens is 324 g/mol. The molecule has 24 heavy (non-hydrogen) atoms. The van der Waals surface area contributed by atoms with E-state index in [2.05, 4.69) is 11.1 Å². The van der Waals surface area contributed by atoms with Crippen LogP contribution in [0.5, 0.6) is 11.5 Å². The van der Waals surface area contributed by atoms with Gasteiger partial charge in [-0.3, -0.25) is 4.79 Å². The number of hydrogen-bond acceptors (Lipinski definition) is 6. The van der Waals surface area contributed by atoms with Crippen molar-refractivity contribution >= 4 is 17.1 Å². The maximum Gasteiger partial charge on any atom is 0.166 e. The summed E-state index contributed by atoms with van der Waals surface area (Å²) < 4.78 is 11.1. The van der Waals surface area contributed by atoms with Crippen LogP contribution >= 0.6 is 11.3 Å². The maximum atomic E-state index is 13.0. The highest BCUT2D eigenvalue weighted by Gasteiger charge is 2.38. The van der Waals surface area contributed by atoms with Crippen molar-refractivity contribution in [3.63, 3.8) is 0 Å². The van der Waals surface area contributed by atoms with Gasteiger partial charge in [-0.05, 0) is 38.5 Å². The number of benzene rings is 1. The molecule has 0 bridgehead atoms. The SMILES string of the molecule is Cc1csc([C@@H](C#N)C(=O)C(C)(C)c2ccc3c(c2)OCCO3)n1. The van der Waals surface area contributed by atoms with Crippen LogP contribution in [0.15, 0.2) is 23.6 Å². The van der Waals surface area contributed by atoms with Gasteiger partial charge in [0.05, 0.1) is 11.5 Å². The molecule has 5 nitrogen and oxygen atoms in total. The molecule has 6 heteroatoms. The van der Waals surface area contributed by atoms with Crippen LogP contribution in [-0.4, -0.2) is 24.0 Å². The number of thiazole rings is 1. The third-order valence-corrected chi connectivity index (χ3v) is 5.18. The minimum atomic E-state index is -0.869. The monoisotopic (exact) mass is 342 g/mol. The number of aromatic nitrogens is 1. The van der Waals surface area contributed by atoms with Gasteiger partial charge >= 0.3 is 0 Å². The Bertz CT molecular complexity index is 820. The van der Waals surface area contributed by atoms with Gasteiger partial charge in [0, 0.05) is 11.1 Å². The molecule has 0 unspecified atom stereocenters. The Balaban J connectivity index is 1.94. The van der Waals surface area contributed by atoms with Crippen LogP contribution in [-0.2, 0) is 10.2 Å². The third-order valence-electron chi connectivity index (χ3n) is 4.15. The average molecular weight is 342 g/mol. The van der Waals surface area contributed by atoms with Crippen LogP contribution in [0.25, 0.3) is 0 Å². The van der Waals surface area contributed by atoms with Gasteiger partial charge in [-0.1, -0.05) is 6.07 Å². The summed E-state index contributed by atoms with van der Waals surface area (Å²) in [6, 6.07) is 7.61. The van der Waals surface area contributed by atoms with Crippen molar-refractivity contribution in [2.75, 3.05) is 13.2 Å². The number of rotatable bonds is 4. The summed E-state index contributed by atoms with van der Waals surface area (Å²) in [4.78, 5) is 17.4. The molecule has 0 radical (unpaired) electrons. The van der Waals surface area contributed by atoms with Crippen LogP contribution < -0.4 is 9.47 Å². The van der Waals surface area contributed by atoms with Gasteiger partial charge in [0.1, 0.15) is 18.2 Å². The number of nitrogens with zero attached hydrogens (tertiary/aromatic N) is 2. The number of carbonyl (C=O) groups excluding carboxylic acids is 1. The van der Waals surface area contributed by atoms with E-state index in [1.807, 2.05) is 44.4 Å². The van der Waals surface area contributed by atoms with Gasteiger partial charge in [-0.15, -0.1) is 11.3 Å². The van der Waals surface area contributed by atoms with Crippen molar-refractivity contribution in [3.8, 4) is 17.6 Å². The van der Waals surface area contributed by atoms with Crippen molar-refractivity contribution in [1.82, 2.24) is 4.98 Å². The van der Waals surface area contributed by atoms with Crippen molar-refractivity contribution in [2.24, 2.45) is 0 Å². The van der Waals surface area contributed by atoms with E-state index >= 15 is 0 Å². The van der Waals surface area contributed by atoms with Gasteiger partial charge in [-0.25, -0.2) is 4.98 Å². The van der Waals surface area contributed by atoms with E-state index in [0.29, 0.717) is 29.7 Å². The molecule has 1 aliphatic rings. The molecule has 0 spiro atoms. The third kappa shape index (κ3) is 2.87.